The Morgan fingerprint density at radius 3 is 2.25 bits per heavy atom. The quantitative estimate of drug-likeness (QED) is 0.381. The van der Waals surface area contributed by atoms with Crippen molar-refractivity contribution in [3.05, 3.63) is 0 Å². The van der Waals surface area contributed by atoms with Gasteiger partial charge in [0.05, 0.1) is 0 Å². The third-order valence-corrected chi connectivity index (χ3v) is 1.13. The van der Waals surface area contributed by atoms with Gasteiger partial charge in [0.25, 0.3) is 0 Å². The summed E-state index contributed by atoms with van der Waals surface area (Å²) in [5.74, 6) is 0. The lowest BCUT2D eigenvalue weighted by molar-refractivity contribution is -0.112. The summed E-state index contributed by atoms with van der Waals surface area (Å²) in [5.41, 5.74) is 0. The van der Waals surface area contributed by atoms with Crippen LogP contribution in [0, 0.1) is 0 Å². The molecular formula is C8H15ClO3. The summed E-state index contributed by atoms with van der Waals surface area (Å²) in [6.07, 6.45) is 3.25. The number of unbranched alkanes of at least 4 members (excludes halogenated alkanes) is 2. The van der Waals surface area contributed by atoms with E-state index in [2.05, 4.69) is 4.74 Å². The van der Waals surface area contributed by atoms with Gasteiger partial charge in [0.1, 0.15) is 6.29 Å². The van der Waals surface area contributed by atoms with E-state index >= 15 is 0 Å². The molecule has 0 rings (SSSR count). The van der Waals surface area contributed by atoms with Crippen molar-refractivity contribution < 1.29 is 14.3 Å². The maximum Gasteiger partial charge on any atom is 0.221 e. The van der Waals surface area contributed by atoms with Crippen LogP contribution in [0.15, 0.2) is 0 Å². The van der Waals surface area contributed by atoms with Gasteiger partial charge in [0.15, 0.2) is 0 Å². The molecule has 0 aliphatic carbocycles. The highest BCUT2D eigenvalue weighted by atomic mass is 35.5. The van der Waals surface area contributed by atoms with Crippen molar-refractivity contribution in [1.29, 1.82) is 0 Å². The zero-order valence-corrected chi connectivity index (χ0v) is 8.26. The topological polar surface area (TPSA) is 43.4 Å². The van der Waals surface area contributed by atoms with Crippen molar-refractivity contribution in [2.45, 2.75) is 25.7 Å². The third kappa shape index (κ3) is 22.6. The number of carbonyl (C=O) groups excluding carboxylic acids is 2. The second-order valence-electron chi connectivity index (χ2n) is 2.18. The van der Waals surface area contributed by atoms with Gasteiger partial charge in [-0.1, -0.05) is 0 Å². The van der Waals surface area contributed by atoms with Crippen molar-refractivity contribution in [3.63, 3.8) is 0 Å². The van der Waals surface area contributed by atoms with Gasteiger partial charge in [-0.15, -0.1) is 0 Å². The Morgan fingerprint density at radius 1 is 1.42 bits per heavy atom. The van der Waals surface area contributed by atoms with E-state index < -0.39 is 0 Å². The van der Waals surface area contributed by atoms with Gasteiger partial charge in [-0.25, -0.2) is 0 Å². The van der Waals surface area contributed by atoms with Crippen molar-refractivity contribution in [2.24, 2.45) is 0 Å². The molecule has 0 saturated carbocycles. The average molecular weight is 195 g/mol. The molecular weight excluding hydrogens is 180 g/mol. The van der Waals surface area contributed by atoms with Gasteiger partial charge in [-0.05, 0) is 24.4 Å². The van der Waals surface area contributed by atoms with Crippen LogP contribution in [0.2, 0.25) is 0 Å². The molecule has 0 heterocycles. The summed E-state index contributed by atoms with van der Waals surface area (Å²) in [5, 5.41) is -0.319. The molecule has 0 spiro atoms. The SMILES string of the molecule is COC.O=CCCCCC(=O)Cl. The van der Waals surface area contributed by atoms with Gasteiger partial charge < -0.3 is 9.53 Å². The number of halogens is 1. The lowest BCUT2D eigenvalue weighted by Crippen LogP contribution is -1.85. The van der Waals surface area contributed by atoms with E-state index in [9.17, 15) is 9.59 Å². The highest BCUT2D eigenvalue weighted by Crippen LogP contribution is 2.00. The van der Waals surface area contributed by atoms with Crippen molar-refractivity contribution in [2.75, 3.05) is 14.2 Å². The summed E-state index contributed by atoms with van der Waals surface area (Å²) < 4.78 is 4.25. The molecule has 4 heteroatoms. The average Bonchev–Trinajstić information content (AvgIpc) is 1.99. The number of ether oxygens (including phenoxy) is 1. The molecule has 0 radical (unpaired) electrons. The highest BCUT2D eigenvalue weighted by Gasteiger charge is 1.93. The molecule has 0 amide bonds. The normalized spacial score (nSPS) is 8.25. The van der Waals surface area contributed by atoms with E-state index in [0.717, 1.165) is 19.1 Å². The number of aldehydes is 1. The van der Waals surface area contributed by atoms with E-state index in [0.29, 0.717) is 12.8 Å². The van der Waals surface area contributed by atoms with Crippen molar-refractivity contribution in [3.8, 4) is 0 Å². The number of hydrogen-bond donors (Lipinski definition) is 0. The van der Waals surface area contributed by atoms with E-state index in [4.69, 9.17) is 11.6 Å². The fourth-order valence-corrected chi connectivity index (χ4v) is 0.625. The second-order valence-corrected chi connectivity index (χ2v) is 2.60. The fourth-order valence-electron chi connectivity index (χ4n) is 0.492. The molecule has 0 aromatic carbocycles. The molecule has 12 heavy (non-hydrogen) atoms. The Labute approximate surface area is 78.0 Å². The second kappa shape index (κ2) is 13.2. The number of hydrogen-bond acceptors (Lipinski definition) is 3. The summed E-state index contributed by atoms with van der Waals surface area (Å²) >= 11 is 5.03. The zero-order valence-electron chi connectivity index (χ0n) is 7.51. The van der Waals surface area contributed by atoms with Gasteiger partial charge in [0.2, 0.25) is 5.24 Å². The molecule has 0 aromatic heterocycles. The Balaban J connectivity index is 0. The predicted molar refractivity (Wildman–Crippen MR) is 48.3 cm³/mol. The smallest absolute Gasteiger partial charge is 0.221 e. The van der Waals surface area contributed by atoms with Crippen LogP contribution in [0.25, 0.3) is 0 Å². The first-order chi connectivity index (χ1) is 5.68. The van der Waals surface area contributed by atoms with Crippen LogP contribution in [-0.2, 0) is 14.3 Å². The van der Waals surface area contributed by atoms with E-state index in [1.54, 1.807) is 14.2 Å². The molecule has 0 aliphatic heterocycles. The molecule has 0 N–H and O–H groups in total. The minimum atomic E-state index is -0.319. The van der Waals surface area contributed by atoms with E-state index in [1.165, 1.54) is 0 Å². The predicted octanol–water partition coefficient (Wildman–Crippen LogP) is 1.77. The molecule has 0 saturated heterocycles. The van der Waals surface area contributed by atoms with Crippen LogP contribution in [-0.4, -0.2) is 25.7 Å². The monoisotopic (exact) mass is 194 g/mol. The zero-order chi connectivity index (χ0) is 9.82. The lowest BCUT2D eigenvalue weighted by Gasteiger charge is -1.88. The van der Waals surface area contributed by atoms with Crippen LogP contribution in [0.4, 0.5) is 0 Å². The maximum atomic E-state index is 10.1. The number of carbonyl (C=O) groups is 2. The van der Waals surface area contributed by atoms with Gasteiger partial charge in [-0.2, -0.15) is 0 Å². The van der Waals surface area contributed by atoms with Crippen LogP contribution in [0.3, 0.4) is 0 Å². The number of rotatable bonds is 5. The van der Waals surface area contributed by atoms with E-state index in [-0.39, 0.29) is 5.24 Å². The maximum absolute atomic E-state index is 10.1. The number of methoxy groups -OCH3 is 1. The van der Waals surface area contributed by atoms with Crippen molar-refractivity contribution >= 4 is 23.1 Å². The summed E-state index contributed by atoms with van der Waals surface area (Å²) in [6.45, 7) is 0. The molecule has 0 unspecified atom stereocenters. The molecule has 0 aliphatic rings. The Hall–Kier alpha value is -0.410. The van der Waals surface area contributed by atoms with Gasteiger partial charge in [-0.3, -0.25) is 4.79 Å². The first-order valence-corrected chi connectivity index (χ1v) is 4.09. The third-order valence-electron chi connectivity index (χ3n) is 0.945. The minimum Gasteiger partial charge on any atom is -0.388 e. The van der Waals surface area contributed by atoms with Crippen LogP contribution in [0.5, 0.6) is 0 Å². The molecule has 0 aromatic rings. The Morgan fingerprint density at radius 2 is 1.92 bits per heavy atom. The minimum absolute atomic E-state index is 0.319. The molecule has 0 bridgehead atoms. The Kier molecular flexibility index (Phi) is 15.5. The first-order valence-electron chi connectivity index (χ1n) is 3.71. The van der Waals surface area contributed by atoms with Crippen LogP contribution >= 0.6 is 11.6 Å². The molecule has 0 atom stereocenters. The van der Waals surface area contributed by atoms with Crippen LogP contribution in [0.1, 0.15) is 25.7 Å². The standard InChI is InChI=1S/C6H9ClO2.C2H6O/c7-6(9)4-2-1-3-5-8;1-3-2/h5H,1-4H2;1-2H3. The Bertz CT molecular complexity index is 115. The summed E-state index contributed by atoms with van der Waals surface area (Å²) in [6, 6.07) is 0. The summed E-state index contributed by atoms with van der Waals surface area (Å²) in [7, 11) is 3.25. The summed E-state index contributed by atoms with van der Waals surface area (Å²) in [4.78, 5) is 19.8. The van der Waals surface area contributed by atoms with Gasteiger partial charge in [0, 0.05) is 27.1 Å². The fraction of sp³-hybridized carbons (Fsp3) is 0.750. The lowest BCUT2D eigenvalue weighted by atomic mass is 10.2. The molecule has 72 valence electrons. The van der Waals surface area contributed by atoms with Gasteiger partial charge >= 0.3 is 0 Å². The molecule has 0 fully saturated rings. The largest absolute Gasteiger partial charge is 0.388 e. The van der Waals surface area contributed by atoms with E-state index in [1.807, 2.05) is 0 Å². The highest BCUT2D eigenvalue weighted by molar-refractivity contribution is 6.63. The van der Waals surface area contributed by atoms with Crippen LogP contribution < -0.4 is 0 Å². The van der Waals surface area contributed by atoms with Crippen molar-refractivity contribution in [1.82, 2.24) is 0 Å². The molecule has 3 nitrogen and oxygen atoms in total. The first kappa shape index (κ1) is 14.1.